The molecule has 1 fully saturated rings. The van der Waals surface area contributed by atoms with Gasteiger partial charge in [0, 0.05) is 24.1 Å². The van der Waals surface area contributed by atoms with Crippen LogP contribution in [0.3, 0.4) is 0 Å². The lowest BCUT2D eigenvalue weighted by Crippen LogP contribution is -1.99. The zero-order chi connectivity index (χ0) is 12.7. The largest absolute Gasteiger partial charge is 0.381 e. The van der Waals surface area contributed by atoms with Crippen molar-refractivity contribution in [2.45, 2.75) is 12.3 Å². The van der Waals surface area contributed by atoms with E-state index < -0.39 is 0 Å². The van der Waals surface area contributed by atoms with Crippen molar-refractivity contribution in [1.29, 1.82) is 0 Å². The number of aromatic nitrogens is 3. The van der Waals surface area contributed by atoms with E-state index in [1.54, 1.807) is 0 Å². The Bertz CT molecular complexity index is 710. The van der Waals surface area contributed by atoms with Gasteiger partial charge in [-0.3, -0.25) is 0 Å². The van der Waals surface area contributed by atoms with E-state index in [1.165, 1.54) is 0 Å². The lowest BCUT2D eigenvalue weighted by molar-refractivity contribution is 0.192. The highest BCUT2D eigenvalue weighted by atomic mass is 16.5. The summed E-state index contributed by atoms with van der Waals surface area (Å²) in [5.74, 6) is 1.58. The Hall–Kier alpha value is -2.14. The van der Waals surface area contributed by atoms with Crippen molar-refractivity contribution in [3.05, 3.63) is 36.3 Å². The average Bonchev–Trinajstić information content (AvgIpc) is 3.18. The fourth-order valence-corrected chi connectivity index (χ4v) is 2.51. The van der Waals surface area contributed by atoms with Crippen LogP contribution in [0.5, 0.6) is 0 Å². The summed E-state index contributed by atoms with van der Waals surface area (Å²) in [5, 5.41) is 5.23. The Labute approximate surface area is 109 Å². The zero-order valence-electron chi connectivity index (χ0n) is 10.3. The highest BCUT2D eigenvalue weighted by molar-refractivity contribution is 5.91. The number of fused-ring (bicyclic) bond motifs is 1. The number of ether oxygens (including phenoxy) is 1. The van der Waals surface area contributed by atoms with Gasteiger partial charge in [0.25, 0.3) is 5.89 Å². The quantitative estimate of drug-likeness (QED) is 0.764. The van der Waals surface area contributed by atoms with Gasteiger partial charge in [0.1, 0.15) is 0 Å². The molecular weight excluding hydrogens is 242 g/mol. The highest BCUT2D eigenvalue weighted by Gasteiger charge is 2.23. The third-order valence-electron chi connectivity index (χ3n) is 3.55. The second-order valence-electron chi connectivity index (χ2n) is 4.77. The molecule has 0 saturated carbocycles. The maximum Gasteiger partial charge on any atom is 0.260 e. The van der Waals surface area contributed by atoms with Gasteiger partial charge >= 0.3 is 0 Å². The number of aromatic amines is 1. The topological polar surface area (TPSA) is 63.9 Å². The van der Waals surface area contributed by atoms with Crippen LogP contribution in [0.2, 0.25) is 0 Å². The zero-order valence-corrected chi connectivity index (χ0v) is 10.3. The van der Waals surface area contributed by atoms with Gasteiger partial charge in [-0.2, -0.15) is 4.98 Å². The molecular formula is C14H13N3O2. The van der Waals surface area contributed by atoms with Crippen molar-refractivity contribution >= 4 is 10.9 Å². The van der Waals surface area contributed by atoms with E-state index in [0.29, 0.717) is 12.5 Å². The number of benzene rings is 1. The standard InChI is InChI=1S/C14H13N3O2/c1-2-9-4-6-15-12(9)11(3-1)14-16-13(17-19-14)10-5-7-18-8-10/h1-4,6,10,15H,5,7-8H2. The van der Waals surface area contributed by atoms with E-state index in [9.17, 15) is 0 Å². The molecule has 5 heteroatoms. The number of hydrogen-bond acceptors (Lipinski definition) is 4. The van der Waals surface area contributed by atoms with Crippen LogP contribution < -0.4 is 0 Å². The number of hydrogen-bond donors (Lipinski definition) is 1. The van der Waals surface area contributed by atoms with E-state index in [1.807, 2.05) is 24.4 Å². The molecule has 3 heterocycles. The molecule has 1 aliphatic heterocycles. The van der Waals surface area contributed by atoms with Gasteiger partial charge in [-0.05, 0) is 18.6 Å². The number of nitrogens with zero attached hydrogens (tertiary/aromatic N) is 2. The first-order valence-corrected chi connectivity index (χ1v) is 6.39. The summed E-state index contributed by atoms with van der Waals surface area (Å²) in [7, 11) is 0. The minimum Gasteiger partial charge on any atom is -0.381 e. The molecule has 1 unspecified atom stereocenters. The summed E-state index contributed by atoms with van der Waals surface area (Å²) in [6, 6.07) is 8.06. The molecule has 5 nitrogen and oxygen atoms in total. The summed E-state index contributed by atoms with van der Waals surface area (Å²) in [5.41, 5.74) is 1.97. The minimum atomic E-state index is 0.264. The van der Waals surface area contributed by atoms with E-state index in [0.717, 1.165) is 35.3 Å². The van der Waals surface area contributed by atoms with E-state index >= 15 is 0 Å². The molecule has 0 bridgehead atoms. The summed E-state index contributed by atoms with van der Waals surface area (Å²) >= 11 is 0. The van der Waals surface area contributed by atoms with Crippen LogP contribution in [0.1, 0.15) is 18.2 Å². The SMILES string of the molecule is c1cc(-c2nc(C3CCOC3)no2)c2[nH]ccc2c1. The van der Waals surface area contributed by atoms with E-state index in [-0.39, 0.29) is 5.92 Å². The van der Waals surface area contributed by atoms with Crippen LogP contribution in [0.25, 0.3) is 22.4 Å². The second-order valence-corrected chi connectivity index (χ2v) is 4.77. The molecule has 1 aliphatic rings. The Kier molecular flexibility index (Phi) is 2.38. The lowest BCUT2D eigenvalue weighted by atomic mass is 10.1. The van der Waals surface area contributed by atoms with Crippen LogP contribution in [0, 0.1) is 0 Å². The smallest absolute Gasteiger partial charge is 0.260 e. The van der Waals surface area contributed by atoms with E-state index in [2.05, 4.69) is 21.2 Å². The molecule has 4 rings (SSSR count). The number of para-hydroxylation sites is 1. The molecule has 1 saturated heterocycles. The summed E-state index contributed by atoms with van der Waals surface area (Å²) in [6.45, 7) is 1.46. The van der Waals surface area contributed by atoms with E-state index in [4.69, 9.17) is 9.26 Å². The Balaban J connectivity index is 1.77. The van der Waals surface area contributed by atoms with Crippen LogP contribution in [-0.2, 0) is 4.74 Å². The molecule has 96 valence electrons. The minimum absolute atomic E-state index is 0.264. The van der Waals surface area contributed by atoms with Crippen LogP contribution in [0.15, 0.2) is 35.0 Å². The molecule has 0 aliphatic carbocycles. The third-order valence-corrected chi connectivity index (χ3v) is 3.55. The molecule has 0 spiro atoms. The predicted molar refractivity (Wildman–Crippen MR) is 69.8 cm³/mol. The van der Waals surface area contributed by atoms with Crippen LogP contribution >= 0.6 is 0 Å². The van der Waals surface area contributed by atoms with Crippen molar-refractivity contribution in [3.8, 4) is 11.5 Å². The van der Waals surface area contributed by atoms with Crippen molar-refractivity contribution in [1.82, 2.24) is 15.1 Å². The second kappa shape index (κ2) is 4.20. The molecule has 2 aromatic heterocycles. The Morgan fingerprint density at radius 3 is 3.16 bits per heavy atom. The Morgan fingerprint density at radius 1 is 1.26 bits per heavy atom. The predicted octanol–water partition coefficient (Wildman–Crippen LogP) is 2.72. The number of H-pyrrole nitrogens is 1. The molecule has 0 radical (unpaired) electrons. The van der Waals surface area contributed by atoms with Gasteiger partial charge < -0.3 is 14.2 Å². The average molecular weight is 255 g/mol. The molecule has 1 N–H and O–H groups in total. The van der Waals surface area contributed by atoms with Gasteiger partial charge in [0.05, 0.1) is 17.7 Å². The first-order chi connectivity index (χ1) is 9.42. The first kappa shape index (κ1) is 10.8. The summed E-state index contributed by atoms with van der Waals surface area (Å²) in [4.78, 5) is 7.73. The number of nitrogens with one attached hydrogen (secondary N) is 1. The highest BCUT2D eigenvalue weighted by Crippen LogP contribution is 2.29. The fourth-order valence-electron chi connectivity index (χ4n) is 2.51. The van der Waals surface area contributed by atoms with Crippen LogP contribution in [0.4, 0.5) is 0 Å². The van der Waals surface area contributed by atoms with Crippen molar-refractivity contribution in [2.24, 2.45) is 0 Å². The summed E-state index contributed by atoms with van der Waals surface area (Å²) in [6.07, 6.45) is 2.88. The van der Waals surface area contributed by atoms with Crippen molar-refractivity contribution < 1.29 is 9.26 Å². The molecule has 1 atom stereocenters. The van der Waals surface area contributed by atoms with Crippen molar-refractivity contribution in [3.63, 3.8) is 0 Å². The van der Waals surface area contributed by atoms with Gasteiger partial charge in [-0.25, -0.2) is 0 Å². The third kappa shape index (κ3) is 1.74. The van der Waals surface area contributed by atoms with Gasteiger partial charge in [0.2, 0.25) is 0 Å². The monoisotopic (exact) mass is 255 g/mol. The Morgan fingerprint density at radius 2 is 2.26 bits per heavy atom. The van der Waals surface area contributed by atoms with Gasteiger partial charge in [-0.15, -0.1) is 0 Å². The normalized spacial score (nSPS) is 19.3. The molecule has 3 aromatic rings. The number of rotatable bonds is 2. The molecule has 1 aromatic carbocycles. The molecule has 0 amide bonds. The first-order valence-electron chi connectivity index (χ1n) is 6.39. The maximum absolute atomic E-state index is 5.40. The van der Waals surface area contributed by atoms with Crippen LogP contribution in [-0.4, -0.2) is 28.3 Å². The fraction of sp³-hybridized carbons (Fsp3) is 0.286. The van der Waals surface area contributed by atoms with Crippen molar-refractivity contribution in [2.75, 3.05) is 13.2 Å². The summed E-state index contributed by atoms with van der Waals surface area (Å²) < 4.78 is 10.8. The lowest BCUT2D eigenvalue weighted by Gasteiger charge is -1.98. The van der Waals surface area contributed by atoms with Gasteiger partial charge in [0.15, 0.2) is 5.82 Å². The molecule has 19 heavy (non-hydrogen) atoms. The maximum atomic E-state index is 5.40. The van der Waals surface area contributed by atoms with Gasteiger partial charge in [-0.1, -0.05) is 17.3 Å².